The summed E-state index contributed by atoms with van der Waals surface area (Å²) in [5, 5.41) is 20.5. The number of phenolic OH excluding ortho intramolecular Hbond substituents is 2. The second-order valence-electron chi connectivity index (χ2n) is 10.1. The molecule has 0 aliphatic carbocycles. The molecule has 0 fully saturated rings. The Kier molecular flexibility index (Phi) is 6.64. The summed E-state index contributed by atoms with van der Waals surface area (Å²) in [6.45, 7) is 0.696. The molecule has 2 heterocycles. The number of phenols is 2. The summed E-state index contributed by atoms with van der Waals surface area (Å²) in [5.74, 6) is 0.596. The Labute approximate surface area is 232 Å². The number of amides is 1. The second kappa shape index (κ2) is 10.4. The molecule has 2 N–H and O–H groups in total. The number of rotatable bonds is 8. The molecule has 1 spiro atoms. The second-order valence-corrected chi connectivity index (χ2v) is 10.1. The monoisotopic (exact) mass is 535 g/mol. The Hall–Kier alpha value is -4.78. The van der Waals surface area contributed by atoms with E-state index < -0.39 is 5.54 Å². The van der Waals surface area contributed by atoms with Crippen molar-refractivity contribution in [1.29, 1.82) is 0 Å². The highest BCUT2D eigenvalue weighted by Crippen LogP contribution is 2.58. The lowest BCUT2D eigenvalue weighted by Crippen LogP contribution is -2.47. The number of unbranched alkanes of at least 4 members (excludes halogenated alkanes) is 2. The predicted molar refractivity (Wildman–Crippen MR) is 148 cm³/mol. The van der Waals surface area contributed by atoms with Gasteiger partial charge in [0.1, 0.15) is 35.1 Å². The quantitative estimate of drug-likeness (QED) is 0.204. The van der Waals surface area contributed by atoms with Crippen LogP contribution in [0, 0.1) is 0 Å². The van der Waals surface area contributed by atoms with Crippen molar-refractivity contribution in [2.75, 3.05) is 6.54 Å². The van der Waals surface area contributed by atoms with Gasteiger partial charge in [0.2, 0.25) is 0 Å². The lowest BCUT2D eigenvalue weighted by molar-refractivity contribution is -0.145. The number of fused-ring (bicyclic) bond motifs is 6. The SMILES string of the molecule is O=C(CCCCCN1C(=O)c2ccccc2C12c1ccc(O)cc1Oc1cc(O)ccc12)OCc1ccccc1. The van der Waals surface area contributed by atoms with Gasteiger partial charge in [-0.15, -0.1) is 0 Å². The van der Waals surface area contributed by atoms with E-state index in [1.165, 1.54) is 12.1 Å². The molecule has 0 aromatic heterocycles. The van der Waals surface area contributed by atoms with Gasteiger partial charge in [0.15, 0.2) is 0 Å². The summed E-state index contributed by atoms with van der Waals surface area (Å²) < 4.78 is 11.5. The Bertz CT molecular complexity index is 1530. The highest BCUT2D eigenvalue weighted by molar-refractivity contribution is 6.02. The van der Waals surface area contributed by atoms with E-state index in [-0.39, 0.29) is 30.0 Å². The van der Waals surface area contributed by atoms with Gasteiger partial charge in [0.05, 0.1) is 0 Å². The van der Waals surface area contributed by atoms with Gasteiger partial charge < -0.3 is 24.6 Å². The maximum Gasteiger partial charge on any atom is 0.306 e. The molecule has 0 radical (unpaired) electrons. The molecule has 202 valence electrons. The summed E-state index contributed by atoms with van der Waals surface area (Å²) >= 11 is 0. The average molecular weight is 536 g/mol. The van der Waals surface area contributed by atoms with Crippen molar-refractivity contribution in [1.82, 2.24) is 4.90 Å². The molecule has 7 nitrogen and oxygen atoms in total. The average Bonchev–Trinajstić information content (AvgIpc) is 3.20. The van der Waals surface area contributed by atoms with Crippen molar-refractivity contribution in [2.24, 2.45) is 0 Å². The van der Waals surface area contributed by atoms with E-state index in [0.717, 1.165) is 28.7 Å². The molecule has 2 aliphatic rings. The minimum Gasteiger partial charge on any atom is -0.508 e. The molecule has 2 aliphatic heterocycles. The Morgan fingerprint density at radius 1 is 0.775 bits per heavy atom. The number of hydrogen-bond donors (Lipinski definition) is 2. The van der Waals surface area contributed by atoms with Crippen molar-refractivity contribution >= 4 is 11.9 Å². The number of nitrogens with zero attached hydrogens (tertiary/aromatic N) is 1. The molecule has 6 rings (SSSR count). The molecular formula is C33H29NO6. The van der Waals surface area contributed by atoms with Gasteiger partial charge in [-0.25, -0.2) is 0 Å². The maximum atomic E-state index is 13.9. The van der Waals surface area contributed by atoms with Crippen molar-refractivity contribution in [3.05, 3.63) is 119 Å². The Balaban J connectivity index is 1.25. The molecule has 0 atom stereocenters. The van der Waals surface area contributed by atoms with E-state index in [1.807, 2.05) is 59.5 Å². The highest BCUT2D eigenvalue weighted by Gasteiger charge is 2.55. The first-order valence-electron chi connectivity index (χ1n) is 13.4. The van der Waals surface area contributed by atoms with E-state index in [1.54, 1.807) is 24.3 Å². The van der Waals surface area contributed by atoms with Crippen LogP contribution in [-0.4, -0.2) is 33.5 Å². The van der Waals surface area contributed by atoms with Crippen molar-refractivity contribution in [3.63, 3.8) is 0 Å². The largest absolute Gasteiger partial charge is 0.508 e. The Morgan fingerprint density at radius 3 is 2.12 bits per heavy atom. The molecule has 1 amide bonds. The van der Waals surface area contributed by atoms with Crippen LogP contribution in [0.15, 0.2) is 91.0 Å². The highest BCUT2D eigenvalue weighted by atomic mass is 16.5. The molecule has 0 saturated heterocycles. The van der Waals surface area contributed by atoms with Crippen molar-refractivity contribution in [3.8, 4) is 23.0 Å². The minimum absolute atomic E-state index is 0.0424. The van der Waals surface area contributed by atoms with Gasteiger partial charge in [-0.2, -0.15) is 0 Å². The van der Waals surface area contributed by atoms with Crippen molar-refractivity contribution < 1.29 is 29.3 Å². The zero-order chi connectivity index (χ0) is 27.7. The van der Waals surface area contributed by atoms with Crippen LogP contribution in [0.25, 0.3) is 0 Å². The van der Waals surface area contributed by atoms with E-state index in [0.29, 0.717) is 42.9 Å². The van der Waals surface area contributed by atoms with Gasteiger partial charge >= 0.3 is 5.97 Å². The number of aromatic hydroxyl groups is 2. The molecule has 4 aromatic carbocycles. The van der Waals surface area contributed by atoms with E-state index in [9.17, 15) is 19.8 Å². The molecular weight excluding hydrogens is 506 g/mol. The van der Waals surface area contributed by atoms with Crippen LogP contribution in [-0.2, 0) is 21.7 Å². The van der Waals surface area contributed by atoms with Crippen LogP contribution >= 0.6 is 0 Å². The van der Waals surface area contributed by atoms with Gasteiger partial charge in [-0.3, -0.25) is 9.59 Å². The number of ether oxygens (including phenoxy) is 2. The van der Waals surface area contributed by atoms with Gasteiger partial charge in [-0.05, 0) is 54.3 Å². The number of esters is 1. The van der Waals surface area contributed by atoms with Crippen LogP contribution in [0.1, 0.15) is 58.3 Å². The zero-order valence-electron chi connectivity index (χ0n) is 21.9. The van der Waals surface area contributed by atoms with Gasteiger partial charge in [-0.1, -0.05) is 55.0 Å². The van der Waals surface area contributed by atoms with Gasteiger partial charge in [0.25, 0.3) is 5.91 Å². The maximum absolute atomic E-state index is 13.9. The number of benzene rings is 4. The van der Waals surface area contributed by atoms with E-state index >= 15 is 0 Å². The first-order valence-corrected chi connectivity index (χ1v) is 13.4. The third-order valence-corrected chi connectivity index (χ3v) is 7.63. The summed E-state index contributed by atoms with van der Waals surface area (Å²) in [5.41, 5.74) is 2.87. The van der Waals surface area contributed by atoms with Crippen LogP contribution in [0.2, 0.25) is 0 Å². The van der Waals surface area contributed by atoms with E-state index in [2.05, 4.69) is 0 Å². The fourth-order valence-corrected chi connectivity index (χ4v) is 5.86. The predicted octanol–water partition coefficient (Wildman–Crippen LogP) is 6.26. The smallest absolute Gasteiger partial charge is 0.306 e. The summed E-state index contributed by atoms with van der Waals surface area (Å²) in [6.07, 6.45) is 2.37. The third-order valence-electron chi connectivity index (χ3n) is 7.63. The summed E-state index contributed by atoms with van der Waals surface area (Å²) in [7, 11) is 0. The lowest BCUT2D eigenvalue weighted by Gasteiger charge is -2.44. The molecule has 7 heteroatoms. The topological polar surface area (TPSA) is 96.3 Å². The molecule has 0 saturated carbocycles. The first kappa shape index (κ1) is 25.5. The molecule has 40 heavy (non-hydrogen) atoms. The van der Waals surface area contributed by atoms with Crippen molar-refractivity contribution in [2.45, 2.75) is 37.8 Å². The fourth-order valence-electron chi connectivity index (χ4n) is 5.86. The van der Waals surface area contributed by atoms with Gasteiger partial charge in [0, 0.05) is 41.8 Å². The summed E-state index contributed by atoms with van der Waals surface area (Å²) in [6, 6.07) is 27.0. The third kappa shape index (κ3) is 4.33. The Morgan fingerprint density at radius 2 is 1.43 bits per heavy atom. The molecule has 0 unspecified atom stereocenters. The van der Waals surface area contributed by atoms with Crippen LogP contribution in [0.5, 0.6) is 23.0 Å². The number of hydrogen-bond acceptors (Lipinski definition) is 6. The fraction of sp³-hybridized carbons (Fsp3) is 0.212. The van der Waals surface area contributed by atoms with Crippen LogP contribution in [0.4, 0.5) is 0 Å². The number of carbonyl (C=O) groups is 2. The van der Waals surface area contributed by atoms with E-state index in [4.69, 9.17) is 9.47 Å². The lowest BCUT2D eigenvalue weighted by atomic mass is 9.74. The zero-order valence-corrected chi connectivity index (χ0v) is 21.9. The molecule has 4 aromatic rings. The summed E-state index contributed by atoms with van der Waals surface area (Å²) in [4.78, 5) is 28.1. The first-order chi connectivity index (χ1) is 19.5. The molecule has 0 bridgehead atoms. The standard InChI is InChI=1S/C33H29NO6/c35-23-14-16-27-29(19-23)40-30-20-24(36)15-17-28(30)33(27)26-12-7-6-11-25(26)32(38)34(33)18-8-2-5-13-31(37)39-21-22-9-3-1-4-10-22/h1,3-4,6-7,9-12,14-17,19-20,35-36H,2,5,8,13,18,21H2. The van der Waals surface area contributed by atoms with Crippen LogP contribution < -0.4 is 4.74 Å². The van der Waals surface area contributed by atoms with Crippen LogP contribution in [0.3, 0.4) is 0 Å². The minimum atomic E-state index is -0.993. The number of carbonyl (C=O) groups excluding carboxylic acids is 2. The normalized spacial score (nSPS) is 14.3.